The van der Waals surface area contributed by atoms with E-state index < -0.39 is 37.3 Å². The average Bonchev–Trinajstić information content (AvgIpc) is 2.21. The van der Waals surface area contributed by atoms with Gasteiger partial charge in [-0.25, -0.2) is 5.84 Å². The molecular formula is C7H11F5N2O3. The number of carbonyl (C=O) groups is 1. The number of nitrogens with one attached hydrogen (secondary N) is 1. The molecule has 0 saturated carbocycles. The van der Waals surface area contributed by atoms with Crippen LogP contribution in [0.3, 0.4) is 0 Å². The third-order valence-corrected chi connectivity index (χ3v) is 1.63. The SMILES string of the molecule is COCC(OCC(F)(F)C(F)(F)F)C(=O)NN. The third-order valence-electron chi connectivity index (χ3n) is 1.63. The summed E-state index contributed by atoms with van der Waals surface area (Å²) in [7, 11) is 1.11. The summed E-state index contributed by atoms with van der Waals surface area (Å²) in [6.45, 7) is -2.49. The summed E-state index contributed by atoms with van der Waals surface area (Å²) in [5, 5.41) is 0. The van der Waals surface area contributed by atoms with Crippen molar-refractivity contribution in [2.45, 2.75) is 18.2 Å². The molecule has 1 unspecified atom stereocenters. The van der Waals surface area contributed by atoms with Crippen LogP contribution in [0.15, 0.2) is 0 Å². The molecule has 0 aromatic rings. The maximum Gasteiger partial charge on any atom is 0.455 e. The van der Waals surface area contributed by atoms with Crippen molar-refractivity contribution in [1.29, 1.82) is 0 Å². The highest BCUT2D eigenvalue weighted by Gasteiger charge is 2.58. The van der Waals surface area contributed by atoms with E-state index in [4.69, 9.17) is 0 Å². The number of amides is 1. The molecule has 0 aliphatic rings. The second-order valence-corrected chi connectivity index (χ2v) is 2.97. The zero-order valence-corrected chi connectivity index (χ0v) is 8.68. The Balaban J connectivity index is 4.45. The number of carbonyl (C=O) groups excluding carboxylic acids is 1. The predicted octanol–water partition coefficient (Wildman–Crippen LogP) is 0.206. The summed E-state index contributed by atoms with van der Waals surface area (Å²) in [5.74, 6) is -1.43. The van der Waals surface area contributed by atoms with Crippen LogP contribution in [-0.2, 0) is 14.3 Å². The zero-order chi connectivity index (χ0) is 13.7. The lowest BCUT2D eigenvalue weighted by molar-refractivity contribution is -0.299. The fourth-order valence-electron chi connectivity index (χ4n) is 0.731. The molecule has 0 rings (SSSR count). The second-order valence-electron chi connectivity index (χ2n) is 2.97. The normalized spacial score (nSPS) is 14.5. The highest BCUT2D eigenvalue weighted by Crippen LogP contribution is 2.35. The minimum Gasteiger partial charge on any atom is -0.381 e. The Morgan fingerprint density at radius 3 is 2.24 bits per heavy atom. The average molecular weight is 266 g/mol. The fraction of sp³-hybridized carbons (Fsp3) is 0.857. The third kappa shape index (κ3) is 4.79. The summed E-state index contributed by atoms with van der Waals surface area (Å²) in [6.07, 6.45) is -7.39. The molecule has 0 saturated heterocycles. The Labute approximate surface area is 93.0 Å². The summed E-state index contributed by atoms with van der Waals surface area (Å²) in [6, 6.07) is 0. The van der Waals surface area contributed by atoms with Gasteiger partial charge in [-0.05, 0) is 0 Å². The number of hydrogen-bond donors (Lipinski definition) is 2. The van der Waals surface area contributed by atoms with Crippen LogP contribution in [0.2, 0.25) is 0 Å². The van der Waals surface area contributed by atoms with Crippen LogP contribution < -0.4 is 11.3 Å². The zero-order valence-electron chi connectivity index (χ0n) is 8.68. The van der Waals surface area contributed by atoms with E-state index in [9.17, 15) is 26.7 Å². The minimum atomic E-state index is -5.75. The molecule has 5 nitrogen and oxygen atoms in total. The van der Waals surface area contributed by atoms with Crippen LogP contribution >= 0.6 is 0 Å². The van der Waals surface area contributed by atoms with E-state index in [1.165, 1.54) is 0 Å². The quantitative estimate of drug-likeness (QED) is 0.312. The molecule has 0 aliphatic carbocycles. The van der Waals surface area contributed by atoms with Crippen molar-refractivity contribution >= 4 is 5.91 Å². The van der Waals surface area contributed by atoms with Crippen molar-refractivity contribution in [2.24, 2.45) is 5.84 Å². The van der Waals surface area contributed by atoms with Gasteiger partial charge < -0.3 is 9.47 Å². The Hall–Kier alpha value is -1.00. The Bertz CT molecular complexity index is 258. The largest absolute Gasteiger partial charge is 0.455 e. The topological polar surface area (TPSA) is 73.6 Å². The Kier molecular flexibility index (Phi) is 5.72. The molecule has 0 bridgehead atoms. The summed E-state index contributed by atoms with van der Waals surface area (Å²) >= 11 is 0. The van der Waals surface area contributed by atoms with Crippen molar-refractivity contribution in [3.63, 3.8) is 0 Å². The van der Waals surface area contributed by atoms with Gasteiger partial charge in [0.1, 0.15) is 6.61 Å². The van der Waals surface area contributed by atoms with Gasteiger partial charge in [-0.1, -0.05) is 0 Å². The maximum atomic E-state index is 12.4. The molecule has 10 heteroatoms. The van der Waals surface area contributed by atoms with Gasteiger partial charge in [0, 0.05) is 7.11 Å². The van der Waals surface area contributed by atoms with Crippen LogP contribution in [0.25, 0.3) is 0 Å². The van der Waals surface area contributed by atoms with Gasteiger partial charge >= 0.3 is 12.1 Å². The van der Waals surface area contributed by atoms with Crippen LogP contribution in [0.5, 0.6) is 0 Å². The summed E-state index contributed by atoms with van der Waals surface area (Å²) < 4.78 is 68.7. The molecule has 0 aromatic carbocycles. The predicted molar refractivity (Wildman–Crippen MR) is 44.9 cm³/mol. The van der Waals surface area contributed by atoms with Gasteiger partial charge in [-0.15, -0.1) is 0 Å². The molecular weight excluding hydrogens is 255 g/mol. The molecule has 1 atom stereocenters. The van der Waals surface area contributed by atoms with Crippen molar-refractivity contribution < 1.29 is 36.2 Å². The molecule has 1 amide bonds. The van der Waals surface area contributed by atoms with Crippen LogP contribution in [0.4, 0.5) is 22.0 Å². The van der Waals surface area contributed by atoms with Gasteiger partial charge in [0.05, 0.1) is 6.61 Å². The molecule has 0 fully saturated rings. The van der Waals surface area contributed by atoms with E-state index in [1.807, 2.05) is 0 Å². The molecule has 102 valence electrons. The van der Waals surface area contributed by atoms with E-state index in [1.54, 1.807) is 5.43 Å². The minimum absolute atomic E-state index is 0.503. The molecule has 0 spiro atoms. The maximum absolute atomic E-state index is 12.4. The second kappa shape index (κ2) is 6.07. The number of ether oxygens (including phenoxy) is 2. The monoisotopic (exact) mass is 266 g/mol. The lowest BCUT2D eigenvalue weighted by Crippen LogP contribution is -2.47. The Morgan fingerprint density at radius 1 is 1.35 bits per heavy atom. The molecule has 17 heavy (non-hydrogen) atoms. The van der Waals surface area contributed by atoms with E-state index >= 15 is 0 Å². The first kappa shape index (κ1) is 16.0. The van der Waals surface area contributed by atoms with Crippen molar-refractivity contribution in [2.75, 3.05) is 20.3 Å². The fourth-order valence-corrected chi connectivity index (χ4v) is 0.731. The number of hydrazine groups is 1. The first-order valence-electron chi connectivity index (χ1n) is 4.21. The number of rotatable bonds is 6. The van der Waals surface area contributed by atoms with Gasteiger partial charge in [-0.3, -0.25) is 10.2 Å². The molecule has 3 N–H and O–H groups in total. The molecule has 0 aromatic heterocycles. The highest BCUT2D eigenvalue weighted by molar-refractivity contribution is 5.80. The smallest absolute Gasteiger partial charge is 0.381 e. The Morgan fingerprint density at radius 2 is 1.88 bits per heavy atom. The number of hydrogen-bond acceptors (Lipinski definition) is 4. The van der Waals surface area contributed by atoms with Crippen molar-refractivity contribution in [3.05, 3.63) is 0 Å². The van der Waals surface area contributed by atoms with Gasteiger partial charge in [0.25, 0.3) is 5.91 Å². The number of alkyl halides is 5. The van der Waals surface area contributed by atoms with Crippen molar-refractivity contribution in [1.82, 2.24) is 5.43 Å². The lowest BCUT2D eigenvalue weighted by Gasteiger charge is -2.22. The first-order chi connectivity index (χ1) is 7.65. The van der Waals surface area contributed by atoms with E-state index in [2.05, 4.69) is 15.3 Å². The highest BCUT2D eigenvalue weighted by atomic mass is 19.4. The number of nitrogens with two attached hydrogens (primary N) is 1. The van der Waals surface area contributed by atoms with Gasteiger partial charge in [0.2, 0.25) is 0 Å². The molecule has 0 radical (unpaired) electrons. The van der Waals surface area contributed by atoms with Crippen LogP contribution in [0.1, 0.15) is 0 Å². The summed E-state index contributed by atoms with van der Waals surface area (Å²) in [5.41, 5.74) is 1.55. The standard InChI is InChI=1S/C7H11F5N2O3/c1-16-2-4(5(15)14-13)17-3-6(8,9)7(10,11)12/h4H,2-3,13H2,1H3,(H,14,15). The van der Waals surface area contributed by atoms with Gasteiger partial charge in [0.15, 0.2) is 6.10 Å². The van der Waals surface area contributed by atoms with Crippen LogP contribution in [-0.4, -0.2) is 44.4 Å². The lowest BCUT2D eigenvalue weighted by atomic mass is 10.3. The molecule has 0 aliphatic heterocycles. The van der Waals surface area contributed by atoms with Crippen LogP contribution in [0, 0.1) is 0 Å². The van der Waals surface area contributed by atoms with E-state index in [0.29, 0.717) is 0 Å². The van der Waals surface area contributed by atoms with Gasteiger partial charge in [-0.2, -0.15) is 22.0 Å². The van der Waals surface area contributed by atoms with E-state index in [-0.39, 0.29) is 0 Å². The number of halogens is 5. The van der Waals surface area contributed by atoms with E-state index in [0.717, 1.165) is 7.11 Å². The summed E-state index contributed by atoms with van der Waals surface area (Å²) in [4.78, 5) is 10.9. The molecule has 0 heterocycles. The number of methoxy groups -OCH3 is 1. The first-order valence-corrected chi connectivity index (χ1v) is 4.21. The van der Waals surface area contributed by atoms with Crippen molar-refractivity contribution in [3.8, 4) is 0 Å².